The molecule has 2 aliphatic heterocycles. The van der Waals surface area contributed by atoms with Gasteiger partial charge in [0.05, 0.1) is 6.04 Å². The van der Waals surface area contributed by atoms with E-state index in [1.165, 1.54) is 5.56 Å². The van der Waals surface area contributed by atoms with E-state index in [1.807, 2.05) is 30.3 Å². The molecule has 6 nitrogen and oxygen atoms in total. The highest BCUT2D eigenvalue weighted by Crippen LogP contribution is 2.21. The lowest BCUT2D eigenvalue weighted by Crippen LogP contribution is -2.42. The van der Waals surface area contributed by atoms with Crippen LogP contribution in [0.4, 0.5) is 0 Å². The van der Waals surface area contributed by atoms with Gasteiger partial charge < -0.3 is 14.8 Å². The zero-order valence-corrected chi connectivity index (χ0v) is 19.7. The number of likely N-dealkylation sites (N-methyl/N-ethyl adjacent to an activating group) is 1. The lowest BCUT2D eigenvalue weighted by atomic mass is 10.1. The number of carbonyl (C=O) groups excluding carboxylic acids is 1. The molecule has 2 fully saturated rings. The van der Waals surface area contributed by atoms with E-state index in [4.69, 9.17) is 9.47 Å². The van der Waals surface area contributed by atoms with Crippen LogP contribution in [0.3, 0.4) is 0 Å². The van der Waals surface area contributed by atoms with Crippen molar-refractivity contribution in [3.8, 4) is 5.75 Å². The van der Waals surface area contributed by atoms with Crippen LogP contribution in [0.5, 0.6) is 5.75 Å². The second-order valence-electron chi connectivity index (χ2n) is 9.15. The largest absolute Gasteiger partial charge is 0.492 e. The van der Waals surface area contributed by atoms with E-state index < -0.39 is 0 Å². The molecule has 2 aromatic rings. The zero-order chi connectivity index (χ0) is 22.9. The summed E-state index contributed by atoms with van der Waals surface area (Å²) in [7, 11) is 2.16. The van der Waals surface area contributed by atoms with E-state index in [1.54, 1.807) is 0 Å². The van der Waals surface area contributed by atoms with Gasteiger partial charge in [-0.25, -0.2) is 0 Å². The number of nitrogens with zero attached hydrogens (tertiary/aromatic N) is 2. The third-order valence-corrected chi connectivity index (χ3v) is 6.79. The van der Waals surface area contributed by atoms with Crippen LogP contribution in [0.1, 0.15) is 36.8 Å². The summed E-state index contributed by atoms with van der Waals surface area (Å²) < 4.78 is 11.5. The second kappa shape index (κ2) is 12.2. The second-order valence-corrected chi connectivity index (χ2v) is 9.15. The van der Waals surface area contributed by atoms with Crippen LogP contribution in [0.15, 0.2) is 54.6 Å². The number of hydrogen-bond acceptors (Lipinski definition) is 5. The highest BCUT2D eigenvalue weighted by Gasteiger charge is 2.30. The minimum absolute atomic E-state index is 0.0506. The van der Waals surface area contributed by atoms with Crippen LogP contribution in [0.2, 0.25) is 0 Å². The third-order valence-electron chi connectivity index (χ3n) is 6.79. The lowest BCUT2D eigenvalue weighted by Gasteiger charge is -2.31. The number of amides is 1. The highest BCUT2D eigenvalue weighted by atomic mass is 16.5. The fourth-order valence-electron chi connectivity index (χ4n) is 4.80. The molecule has 2 saturated heterocycles. The Balaban J connectivity index is 1.22. The quantitative estimate of drug-likeness (QED) is 0.600. The Kier molecular flexibility index (Phi) is 8.75. The van der Waals surface area contributed by atoms with E-state index in [0.29, 0.717) is 19.2 Å². The van der Waals surface area contributed by atoms with Gasteiger partial charge in [0.1, 0.15) is 12.4 Å². The maximum absolute atomic E-state index is 12.9. The molecule has 2 aliphatic rings. The van der Waals surface area contributed by atoms with Gasteiger partial charge in [0.25, 0.3) is 0 Å². The number of hydrogen-bond donors (Lipinski definition) is 1. The number of benzene rings is 2. The average molecular weight is 452 g/mol. The molecule has 2 heterocycles. The first-order valence-electron chi connectivity index (χ1n) is 12.2. The van der Waals surface area contributed by atoms with Crippen molar-refractivity contribution in [3.05, 3.63) is 65.7 Å². The van der Waals surface area contributed by atoms with Gasteiger partial charge in [0, 0.05) is 38.9 Å². The van der Waals surface area contributed by atoms with Crippen molar-refractivity contribution < 1.29 is 14.3 Å². The monoisotopic (exact) mass is 451 g/mol. The average Bonchev–Trinajstić information content (AvgIpc) is 3.32. The first-order chi connectivity index (χ1) is 16.2. The molecule has 1 unspecified atom stereocenters. The van der Waals surface area contributed by atoms with Gasteiger partial charge in [-0.3, -0.25) is 14.6 Å². The van der Waals surface area contributed by atoms with Crippen molar-refractivity contribution in [1.82, 2.24) is 15.1 Å². The van der Waals surface area contributed by atoms with Crippen LogP contribution in [0.25, 0.3) is 0 Å². The van der Waals surface area contributed by atoms with Crippen LogP contribution in [-0.2, 0) is 22.6 Å². The summed E-state index contributed by atoms with van der Waals surface area (Å²) in [5.41, 5.74) is 2.32. The first kappa shape index (κ1) is 23.7. The summed E-state index contributed by atoms with van der Waals surface area (Å²) >= 11 is 0. The van der Waals surface area contributed by atoms with Crippen molar-refractivity contribution in [2.75, 3.05) is 40.0 Å². The summed E-state index contributed by atoms with van der Waals surface area (Å²) in [6, 6.07) is 19.0. The summed E-state index contributed by atoms with van der Waals surface area (Å²) in [4.78, 5) is 17.6. The predicted octanol–water partition coefficient (Wildman–Crippen LogP) is 3.46. The summed E-state index contributed by atoms with van der Waals surface area (Å²) in [5.74, 6) is 0.974. The third kappa shape index (κ3) is 7.03. The van der Waals surface area contributed by atoms with Gasteiger partial charge in [-0.05, 0) is 62.5 Å². The minimum Gasteiger partial charge on any atom is -0.492 e. The minimum atomic E-state index is -0.0506. The Morgan fingerprint density at radius 1 is 1.09 bits per heavy atom. The summed E-state index contributed by atoms with van der Waals surface area (Å²) in [5, 5.41) is 3.14. The molecule has 178 valence electrons. The SMILES string of the molecule is CN(CCOc1cccc(CNC(=O)C2CCCN2Cc2ccccc2)c1)C1CCOCC1. The van der Waals surface area contributed by atoms with E-state index in [0.717, 1.165) is 69.8 Å². The molecule has 1 atom stereocenters. The molecule has 2 aromatic carbocycles. The van der Waals surface area contributed by atoms with Gasteiger partial charge in [-0.15, -0.1) is 0 Å². The van der Waals surface area contributed by atoms with Crippen molar-refractivity contribution >= 4 is 5.91 Å². The Hall–Kier alpha value is -2.41. The highest BCUT2D eigenvalue weighted by molar-refractivity contribution is 5.82. The Labute approximate surface area is 197 Å². The fraction of sp³-hybridized carbons (Fsp3) is 0.519. The van der Waals surface area contributed by atoms with E-state index in [9.17, 15) is 4.79 Å². The van der Waals surface area contributed by atoms with Gasteiger partial charge in [0.2, 0.25) is 5.91 Å². The molecule has 0 aliphatic carbocycles. The van der Waals surface area contributed by atoms with Gasteiger partial charge >= 0.3 is 0 Å². The molecule has 0 radical (unpaired) electrons. The number of nitrogens with one attached hydrogen (secondary N) is 1. The van der Waals surface area contributed by atoms with Crippen LogP contribution in [-0.4, -0.2) is 67.7 Å². The van der Waals surface area contributed by atoms with Crippen LogP contribution >= 0.6 is 0 Å². The predicted molar refractivity (Wildman–Crippen MR) is 130 cm³/mol. The normalized spacial score (nSPS) is 19.6. The Morgan fingerprint density at radius 3 is 2.70 bits per heavy atom. The van der Waals surface area contributed by atoms with Crippen LogP contribution in [0, 0.1) is 0 Å². The first-order valence-corrected chi connectivity index (χ1v) is 12.2. The molecule has 0 spiro atoms. The van der Waals surface area contributed by atoms with E-state index in [2.05, 4.69) is 46.4 Å². The molecule has 0 bridgehead atoms. The van der Waals surface area contributed by atoms with Crippen LogP contribution < -0.4 is 10.1 Å². The molecule has 0 aromatic heterocycles. The maximum atomic E-state index is 12.9. The van der Waals surface area contributed by atoms with Crippen molar-refractivity contribution in [2.24, 2.45) is 0 Å². The molecular formula is C27H37N3O3. The molecule has 1 amide bonds. The lowest BCUT2D eigenvalue weighted by molar-refractivity contribution is -0.125. The number of carbonyl (C=O) groups is 1. The fourth-order valence-corrected chi connectivity index (χ4v) is 4.80. The molecule has 4 rings (SSSR count). The number of ether oxygens (including phenoxy) is 2. The molecule has 33 heavy (non-hydrogen) atoms. The van der Waals surface area contributed by atoms with Crippen molar-refractivity contribution in [1.29, 1.82) is 0 Å². The Bertz CT molecular complexity index is 870. The number of rotatable bonds is 10. The molecule has 0 saturated carbocycles. The zero-order valence-electron chi connectivity index (χ0n) is 19.7. The molecular weight excluding hydrogens is 414 g/mol. The number of likely N-dealkylation sites (tertiary alicyclic amines) is 1. The van der Waals surface area contributed by atoms with Crippen molar-refractivity contribution in [3.63, 3.8) is 0 Å². The summed E-state index contributed by atoms with van der Waals surface area (Å²) in [6.45, 7) is 5.57. The smallest absolute Gasteiger partial charge is 0.237 e. The Morgan fingerprint density at radius 2 is 1.88 bits per heavy atom. The summed E-state index contributed by atoms with van der Waals surface area (Å²) in [6.07, 6.45) is 4.17. The van der Waals surface area contributed by atoms with E-state index in [-0.39, 0.29) is 11.9 Å². The topological polar surface area (TPSA) is 54.0 Å². The standard InChI is InChI=1S/C27H37N3O3/c1-29(24-12-16-32-17-13-24)15-18-33-25-10-5-9-23(19-25)20-28-27(31)26-11-6-14-30(26)21-22-7-3-2-4-8-22/h2-5,7-10,19,24,26H,6,11-18,20-21H2,1H3,(H,28,31). The molecule has 1 N–H and O–H groups in total. The van der Waals surface area contributed by atoms with Crippen molar-refractivity contribution in [2.45, 2.75) is 50.9 Å². The maximum Gasteiger partial charge on any atom is 0.237 e. The van der Waals surface area contributed by atoms with Gasteiger partial charge in [0.15, 0.2) is 0 Å². The van der Waals surface area contributed by atoms with Gasteiger partial charge in [-0.1, -0.05) is 42.5 Å². The van der Waals surface area contributed by atoms with E-state index >= 15 is 0 Å². The van der Waals surface area contributed by atoms with Gasteiger partial charge in [-0.2, -0.15) is 0 Å². The molecule has 6 heteroatoms.